The number of nitrogen functional groups attached to an aromatic ring is 1. The third-order valence-electron chi connectivity index (χ3n) is 3.23. The van der Waals surface area contributed by atoms with E-state index in [0.717, 1.165) is 16.7 Å². The molecule has 0 unspecified atom stereocenters. The van der Waals surface area contributed by atoms with Crippen molar-refractivity contribution < 1.29 is 9.53 Å². The quantitative estimate of drug-likeness (QED) is 0.689. The van der Waals surface area contributed by atoms with Crippen molar-refractivity contribution in [3.05, 3.63) is 63.7 Å². The Morgan fingerprint density at radius 1 is 1.25 bits per heavy atom. The van der Waals surface area contributed by atoms with Crippen LogP contribution in [-0.2, 0) is 11.3 Å². The molecule has 0 bridgehead atoms. The van der Waals surface area contributed by atoms with E-state index in [4.69, 9.17) is 22.1 Å². The summed E-state index contributed by atoms with van der Waals surface area (Å²) in [5.74, 6) is -0.391. The molecule has 0 saturated carbocycles. The number of hydrogen-bond donors (Lipinski definition) is 1. The fourth-order valence-electron chi connectivity index (χ4n) is 1.94. The Morgan fingerprint density at radius 3 is 2.65 bits per heavy atom. The topological polar surface area (TPSA) is 52.3 Å². The smallest absolute Gasteiger partial charge is 0.338 e. The Bertz CT molecular complexity index is 653. The predicted octanol–water partition coefficient (Wildman–Crippen LogP) is 3.90. The summed E-state index contributed by atoms with van der Waals surface area (Å²) in [4.78, 5) is 12.1. The predicted molar refractivity (Wildman–Crippen MR) is 80.9 cm³/mol. The van der Waals surface area contributed by atoms with Gasteiger partial charge in [-0.2, -0.15) is 0 Å². The van der Waals surface area contributed by atoms with E-state index in [1.807, 2.05) is 38.1 Å². The molecule has 0 aliphatic carbocycles. The zero-order valence-electron chi connectivity index (χ0n) is 11.4. The van der Waals surface area contributed by atoms with Gasteiger partial charge in [-0.15, -0.1) is 0 Å². The number of benzene rings is 2. The van der Waals surface area contributed by atoms with Crippen LogP contribution in [0.1, 0.15) is 27.0 Å². The zero-order valence-corrected chi connectivity index (χ0v) is 12.2. The summed E-state index contributed by atoms with van der Waals surface area (Å²) in [7, 11) is 0. The van der Waals surface area contributed by atoms with E-state index in [2.05, 4.69) is 0 Å². The molecule has 2 aromatic rings. The number of hydrogen-bond acceptors (Lipinski definition) is 3. The number of ether oxygens (including phenoxy) is 1. The van der Waals surface area contributed by atoms with E-state index in [-0.39, 0.29) is 6.61 Å². The SMILES string of the molecule is Cc1cc(N)cc(C(=O)OCc2ccccc2Cl)c1C. The number of carbonyl (C=O) groups excluding carboxylic acids is 1. The fraction of sp³-hybridized carbons (Fsp3) is 0.188. The summed E-state index contributed by atoms with van der Waals surface area (Å²) in [5, 5.41) is 0.584. The molecule has 0 fully saturated rings. The van der Waals surface area contributed by atoms with Gasteiger partial charge in [0.15, 0.2) is 0 Å². The molecule has 0 aliphatic rings. The highest BCUT2D eigenvalue weighted by Gasteiger charge is 2.13. The van der Waals surface area contributed by atoms with Crippen LogP contribution in [0.5, 0.6) is 0 Å². The molecule has 0 spiro atoms. The highest BCUT2D eigenvalue weighted by Crippen LogP contribution is 2.20. The van der Waals surface area contributed by atoms with E-state index < -0.39 is 5.97 Å². The summed E-state index contributed by atoms with van der Waals surface area (Å²) >= 11 is 6.02. The first-order valence-corrected chi connectivity index (χ1v) is 6.64. The van der Waals surface area contributed by atoms with Gasteiger partial charge in [0, 0.05) is 16.3 Å². The van der Waals surface area contributed by atoms with Crippen LogP contribution in [-0.4, -0.2) is 5.97 Å². The molecule has 3 nitrogen and oxygen atoms in total. The molecule has 0 amide bonds. The molecule has 0 saturated heterocycles. The molecule has 0 aromatic heterocycles. The van der Waals surface area contributed by atoms with Gasteiger partial charge in [0.2, 0.25) is 0 Å². The van der Waals surface area contributed by atoms with Crippen LogP contribution in [0.2, 0.25) is 5.02 Å². The lowest BCUT2D eigenvalue weighted by Gasteiger charge is -2.11. The molecule has 0 radical (unpaired) electrons. The van der Waals surface area contributed by atoms with Gasteiger partial charge in [-0.3, -0.25) is 0 Å². The number of anilines is 1. The van der Waals surface area contributed by atoms with Crippen molar-refractivity contribution in [3.8, 4) is 0 Å². The molecule has 2 N–H and O–H groups in total. The van der Waals surface area contributed by atoms with Crippen molar-refractivity contribution >= 4 is 23.3 Å². The Labute approximate surface area is 123 Å². The first kappa shape index (κ1) is 14.4. The maximum absolute atomic E-state index is 12.1. The highest BCUT2D eigenvalue weighted by atomic mass is 35.5. The number of rotatable bonds is 3. The highest BCUT2D eigenvalue weighted by molar-refractivity contribution is 6.31. The van der Waals surface area contributed by atoms with Crippen LogP contribution >= 0.6 is 11.6 Å². The third kappa shape index (κ3) is 3.11. The number of halogens is 1. The lowest BCUT2D eigenvalue weighted by molar-refractivity contribution is 0.0472. The molecule has 2 rings (SSSR count). The van der Waals surface area contributed by atoms with Crippen LogP contribution < -0.4 is 5.73 Å². The molecule has 0 aliphatic heterocycles. The van der Waals surface area contributed by atoms with Crippen molar-refractivity contribution in [1.29, 1.82) is 0 Å². The van der Waals surface area contributed by atoms with Crippen LogP contribution in [0.25, 0.3) is 0 Å². The molecule has 0 atom stereocenters. The van der Waals surface area contributed by atoms with Crippen LogP contribution in [0.3, 0.4) is 0 Å². The Balaban J connectivity index is 2.15. The van der Waals surface area contributed by atoms with Crippen molar-refractivity contribution in [3.63, 3.8) is 0 Å². The lowest BCUT2D eigenvalue weighted by atomic mass is 10.0. The minimum Gasteiger partial charge on any atom is -0.457 e. The molecule has 4 heteroatoms. The first-order valence-electron chi connectivity index (χ1n) is 6.26. The van der Waals surface area contributed by atoms with Crippen LogP contribution in [0.15, 0.2) is 36.4 Å². The van der Waals surface area contributed by atoms with Gasteiger partial charge in [-0.05, 0) is 43.2 Å². The summed E-state index contributed by atoms with van der Waals surface area (Å²) in [6.07, 6.45) is 0. The van der Waals surface area contributed by atoms with Gasteiger partial charge in [-0.25, -0.2) is 4.79 Å². The number of carbonyl (C=O) groups is 1. The Kier molecular flexibility index (Phi) is 4.30. The average molecular weight is 290 g/mol. The van der Waals surface area contributed by atoms with Crippen LogP contribution in [0.4, 0.5) is 5.69 Å². The monoisotopic (exact) mass is 289 g/mol. The standard InChI is InChI=1S/C16H16ClNO2/c1-10-7-13(18)8-14(11(10)2)16(19)20-9-12-5-3-4-6-15(12)17/h3-8H,9,18H2,1-2H3. The third-order valence-corrected chi connectivity index (χ3v) is 3.59. The zero-order chi connectivity index (χ0) is 14.7. The Hall–Kier alpha value is -2.00. The summed E-state index contributed by atoms with van der Waals surface area (Å²) in [5.41, 5.74) is 9.44. The molecule has 2 aromatic carbocycles. The maximum Gasteiger partial charge on any atom is 0.338 e. The first-order chi connectivity index (χ1) is 9.49. The van der Waals surface area contributed by atoms with E-state index in [0.29, 0.717) is 16.3 Å². The molecule has 0 heterocycles. The second-order valence-electron chi connectivity index (χ2n) is 4.68. The van der Waals surface area contributed by atoms with Gasteiger partial charge in [0.25, 0.3) is 0 Å². The van der Waals surface area contributed by atoms with Crippen molar-refractivity contribution in [2.45, 2.75) is 20.5 Å². The molecule has 20 heavy (non-hydrogen) atoms. The summed E-state index contributed by atoms with van der Waals surface area (Å²) in [6.45, 7) is 3.93. The van der Waals surface area contributed by atoms with Gasteiger partial charge in [-0.1, -0.05) is 29.8 Å². The minimum absolute atomic E-state index is 0.145. The second kappa shape index (κ2) is 5.97. The van der Waals surface area contributed by atoms with E-state index >= 15 is 0 Å². The van der Waals surface area contributed by atoms with E-state index in [1.54, 1.807) is 12.1 Å². The van der Waals surface area contributed by atoms with Gasteiger partial charge < -0.3 is 10.5 Å². The fourth-order valence-corrected chi connectivity index (χ4v) is 2.13. The van der Waals surface area contributed by atoms with Gasteiger partial charge >= 0.3 is 5.97 Å². The van der Waals surface area contributed by atoms with E-state index in [9.17, 15) is 4.79 Å². The van der Waals surface area contributed by atoms with Crippen molar-refractivity contribution in [2.24, 2.45) is 0 Å². The maximum atomic E-state index is 12.1. The van der Waals surface area contributed by atoms with Crippen molar-refractivity contribution in [2.75, 3.05) is 5.73 Å². The summed E-state index contributed by atoms with van der Waals surface area (Å²) < 4.78 is 5.31. The van der Waals surface area contributed by atoms with E-state index in [1.165, 1.54) is 0 Å². The largest absolute Gasteiger partial charge is 0.457 e. The van der Waals surface area contributed by atoms with Gasteiger partial charge in [0.1, 0.15) is 6.61 Å². The number of nitrogens with two attached hydrogens (primary N) is 1. The normalized spacial score (nSPS) is 10.3. The lowest BCUT2D eigenvalue weighted by Crippen LogP contribution is -2.09. The number of aryl methyl sites for hydroxylation is 1. The Morgan fingerprint density at radius 2 is 1.95 bits per heavy atom. The molecule has 104 valence electrons. The van der Waals surface area contributed by atoms with Crippen LogP contribution in [0, 0.1) is 13.8 Å². The second-order valence-corrected chi connectivity index (χ2v) is 5.09. The molecular formula is C16H16ClNO2. The van der Waals surface area contributed by atoms with Crippen molar-refractivity contribution in [1.82, 2.24) is 0 Å². The minimum atomic E-state index is -0.391. The molecular weight excluding hydrogens is 274 g/mol. The number of esters is 1. The summed E-state index contributed by atoms with van der Waals surface area (Å²) in [6, 6.07) is 10.7. The van der Waals surface area contributed by atoms with Gasteiger partial charge in [0.05, 0.1) is 5.56 Å². The average Bonchev–Trinajstić information content (AvgIpc) is 2.41.